The summed E-state index contributed by atoms with van der Waals surface area (Å²) in [5.74, 6) is 0.0219. The zero-order valence-corrected chi connectivity index (χ0v) is 12.4. The first-order valence-corrected chi connectivity index (χ1v) is 7.26. The summed E-state index contributed by atoms with van der Waals surface area (Å²) in [6, 6.07) is 8.41. The monoisotopic (exact) mass is 276 g/mol. The average Bonchev–Trinajstić information content (AvgIpc) is 2.50. The summed E-state index contributed by atoms with van der Waals surface area (Å²) >= 11 is 0. The Labute approximate surface area is 120 Å². The molecule has 1 aliphatic heterocycles. The van der Waals surface area contributed by atoms with Gasteiger partial charge in [-0.3, -0.25) is 4.79 Å². The maximum absolute atomic E-state index is 12.3. The van der Waals surface area contributed by atoms with Gasteiger partial charge in [0.15, 0.2) is 0 Å². The van der Waals surface area contributed by atoms with E-state index in [1.54, 1.807) is 7.11 Å². The van der Waals surface area contributed by atoms with Gasteiger partial charge in [0.05, 0.1) is 0 Å². The quantitative estimate of drug-likeness (QED) is 0.855. The fraction of sp³-hybridized carbons (Fsp3) is 0.562. The highest BCUT2D eigenvalue weighted by atomic mass is 16.5. The van der Waals surface area contributed by atoms with Crippen LogP contribution in [0.3, 0.4) is 0 Å². The summed E-state index contributed by atoms with van der Waals surface area (Å²) in [6.07, 6.45) is 2.32. The van der Waals surface area contributed by atoms with Gasteiger partial charge in [0.1, 0.15) is 5.60 Å². The minimum atomic E-state index is -0.640. The van der Waals surface area contributed by atoms with E-state index in [0.717, 1.165) is 32.4 Å². The Kier molecular flexibility index (Phi) is 5.15. The maximum Gasteiger partial charge on any atom is 0.252 e. The zero-order chi connectivity index (χ0) is 14.4. The summed E-state index contributed by atoms with van der Waals surface area (Å²) < 4.78 is 5.51. The molecule has 1 saturated heterocycles. The van der Waals surface area contributed by atoms with Gasteiger partial charge in [-0.05, 0) is 44.8 Å². The van der Waals surface area contributed by atoms with Gasteiger partial charge in [-0.15, -0.1) is 0 Å². The molecule has 0 aromatic heterocycles. The van der Waals surface area contributed by atoms with Crippen LogP contribution in [0.15, 0.2) is 24.3 Å². The van der Waals surface area contributed by atoms with Crippen LogP contribution in [0.2, 0.25) is 0 Å². The fourth-order valence-corrected chi connectivity index (χ4v) is 2.59. The van der Waals surface area contributed by atoms with Crippen LogP contribution in [-0.2, 0) is 16.0 Å². The molecular formula is C16H24N2O2. The normalized spacial score (nSPS) is 17.7. The largest absolute Gasteiger partial charge is 0.368 e. The molecule has 1 aromatic carbocycles. The second kappa shape index (κ2) is 6.86. The average molecular weight is 276 g/mol. The van der Waals surface area contributed by atoms with Gasteiger partial charge in [-0.25, -0.2) is 0 Å². The second-order valence-electron chi connectivity index (χ2n) is 5.44. The number of carbonyl (C=O) groups is 1. The van der Waals surface area contributed by atoms with Crippen molar-refractivity contribution in [2.24, 2.45) is 0 Å². The van der Waals surface area contributed by atoms with Crippen molar-refractivity contribution >= 4 is 5.91 Å². The number of aryl methyl sites for hydroxylation is 1. The number of methoxy groups -OCH3 is 1. The Bertz CT molecular complexity index is 436. The predicted octanol–water partition coefficient (Wildman–Crippen LogP) is 1.42. The van der Waals surface area contributed by atoms with Crippen molar-refractivity contribution in [2.45, 2.75) is 31.8 Å². The standard InChI is InChI=1S/C16H24N2O2/c1-13-3-5-14(6-4-13)7-10-18-15(19)16(20-2)8-11-17-12-9-16/h3-6,17H,7-12H2,1-2H3,(H,18,19). The molecule has 0 aliphatic carbocycles. The molecule has 1 aromatic rings. The van der Waals surface area contributed by atoms with E-state index in [1.165, 1.54) is 11.1 Å². The van der Waals surface area contributed by atoms with Crippen molar-refractivity contribution in [3.63, 3.8) is 0 Å². The van der Waals surface area contributed by atoms with Crippen molar-refractivity contribution in [3.05, 3.63) is 35.4 Å². The number of benzene rings is 1. The highest BCUT2D eigenvalue weighted by Crippen LogP contribution is 2.22. The Hall–Kier alpha value is -1.39. The molecule has 0 radical (unpaired) electrons. The number of piperidine rings is 1. The van der Waals surface area contributed by atoms with Gasteiger partial charge in [0.2, 0.25) is 0 Å². The summed E-state index contributed by atoms with van der Waals surface area (Å²) in [5.41, 5.74) is 1.86. The Morgan fingerprint density at radius 2 is 1.95 bits per heavy atom. The van der Waals surface area contributed by atoms with E-state index in [4.69, 9.17) is 4.74 Å². The molecule has 0 saturated carbocycles. The van der Waals surface area contributed by atoms with Gasteiger partial charge in [0, 0.05) is 13.7 Å². The van der Waals surface area contributed by atoms with Gasteiger partial charge >= 0.3 is 0 Å². The molecule has 0 unspecified atom stereocenters. The molecule has 1 fully saturated rings. The van der Waals surface area contributed by atoms with E-state index < -0.39 is 5.60 Å². The molecule has 4 nitrogen and oxygen atoms in total. The predicted molar refractivity (Wildman–Crippen MR) is 79.7 cm³/mol. The van der Waals surface area contributed by atoms with Crippen LogP contribution in [0.5, 0.6) is 0 Å². The van der Waals surface area contributed by atoms with Gasteiger partial charge in [-0.2, -0.15) is 0 Å². The molecule has 2 rings (SSSR count). The molecule has 0 spiro atoms. The molecule has 1 heterocycles. The van der Waals surface area contributed by atoms with Crippen molar-refractivity contribution in [3.8, 4) is 0 Å². The molecular weight excluding hydrogens is 252 g/mol. The number of ether oxygens (including phenoxy) is 1. The Morgan fingerprint density at radius 1 is 1.30 bits per heavy atom. The first kappa shape index (κ1) is 15.0. The number of carbonyl (C=O) groups excluding carboxylic acids is 1. The van der Waals surface area contributed by atoms with Crippen LogP contribution in [0.25, 0.3) is 0 Å². The highest BCUT2D eigenvalue weighted by Gasteiger charge is 2.39. The van der Waals surface area contributed by atoms with Crippen molar-refractivity contribution in [1.82, 2.24) is 10.6 Å². The summed E-state index contributed by atoms with van der Waals surface area (Å²) in [5, 5.41) is 6.27. The number of amides is 1. The Morgan fingerprint density at radius 3 is 2.55 bits per heavy atom. The third kappa shape index (κ3) is 3.58. The van der Waals surface area contributed by atoms with Crippen LogP contribution >= 0.6 is 0 Å². The molecule has 4 heteroatoms. The molecule has 1 amide bonds. The van der Waals surface area contributed by atoms with E-state index in [0.29, 0.717) is 6.54 Å². The minimum absolute atomic E-state index is 0.0219. The van der Waals surface area contributed by atoms with Gasteiger partial charge in [-0.1, -0.05) is 29.8 Å². The third-order valence-corrected chi connectivity index (χ3v) is 4.04. The van der Waals surface area contributed by atoms with E-state index in [1.807, 2.05) is 0 Å². The molecule has 1 aliphatic rings. The lowest BCUT2D eigenvalue weighted by Gasteiger charge is -2.34. The van der Waals surface area contributed by atoms with Gasteiger partial charge in [0.25, 0.3) is 5.91 Å². The Balaban J connectivity index is 1.83. The first-order chi connectivity index (χ1) is 9.66. The molecule has 110 valence electrons. The molecule has 2 N–H and O–H groups in total. The lowest BCUT2D eigenvalue weighted by atomic mass is 9.91. The lowest BCUT2D eigenvalue weighted by molar-refractivity contribution is -0.146. The third-order valence-electron chi connectivity index (χ3n) is 4.04. The molecule has 0 bridgehead atoms. The number of rotatable bonds is 5. The number of hydrogen-bond donors (Lipinski definition) is 2. The van der Waals surface area contributed by atoms with Crippen molar-refractivity contribution < 1.29 is 9.53 Å². The summed E-state index contributed by atoms with van der Waals surface area (Å²) in [4.78, 5) is 12.3. The molecule has 20 heavy (non-hydrogen) atoms. The topological polar surface area (TPSA) is 50.4 Å². The number of hydrogen-bond acceptors (Lipinski definition) is 3. The van der Waals surface area contributed by atoms with Crippen LogP contribution < -0.4 is 10.6 Å². The van der Waals surface area contributed by atoms with Crippen LogP contribution in [0.1, 0.15) is 24.0 Å². The van der Waals surface area contributed by atoms with Crippen molar-refractivity contribution in [2.75, 3.05) is 26.7 Å². The molecule has 0 atom stereocenters. The van der Waals surface area contributed by atoms with Crippen LogP contribution in [-0.4, -0.2) is 38.3 Å². The smallest absolute Gasteiger partial charge is 0.252 e. The van der Waals surface area contributed by atoms with Crippen LogP contribution in [0, 0.1) is 6.92 Å². The first-order valence-electron chi connectivity index (χ1n) is 7.26. The summed E-state index contributed by atoms with van der Waals surface area (Å²) in [6.45, 7) is 4.39. The zero-order valence-electron chi connectivity index (χ0n) is 12.4. The minimum Gasteiger partial charge on any atom is -0.368 e. The second-order valence-corrected chi connectivity index (χ2v) is 5.44. The van der Waals surface area contributed by atoms with Crippen molar-refractivity contribution in [1.29, 1.82) is 0 Å². The number of nitrogens with one attached hydrogen (secondary N) is 2. The lowest BCUT2D eigenvalue weighted by Crippen LogP contribution is -2.54. The van der Waals surface area contributed by atoms with E-state index in [-0.39, 0.29) is 5.91 Å². The van der Waals surface area contributed by atoms with E-state index >= 15 is 0 Å². The summed E-state index contributed by atoms with van der Waals surface area (Å²) in [7, 11) is 1.63. The SMILES string of the molecule is COC1(C(=O)NCCc2ccc(C)cc2)CCNCC1. The fourth-order valence-electron chi connectivity index (χ4n) is 2.59. The van der Waals surface area contributed by atoms with E-state index in [9.17, 15) is 4.79 Å². The highest BCUT2D eigenvalue weighted by molar-refractivity contribution is 5.85. The van der Waals surface area contributed by atoms with Gasteiger partial charge < -0.3 is 15.4 Å². The van der Waals surface area contributed by atoms with Crippen LogP contribution in [0.4, 0.5) is 0 Å². The van der Waals surface area contributed by atoms with E-state index in [2.05, 4.69) is 41.8 Å². The maximum atomic E-state index is 12.3.